The number of nitrogens with zero attached hydrogens (tertiary/aromatic N) is 1. The summed E-state index contributed by atoms with van der Waals surface area (Å²) in [5.74, 6) is -0.281. The third-order valence-corrected chi connectivity index (χ3v) is 1.89. The fourth-order valence-electron chi connectivity index (χ4n) is 1.13. The van der Waals surface area contributed by atoms with Crippen LogP contribution in [0.4, 0.5) is 0 Å². The van der Waals surface area contributed by atoms with Crippen molar-refractivity contribution in [1.82, 2.24) is 4.90 Å². The van der Waals surface area contributed by atoms with Gasteiger partial charge in [-0.05, 0) is 19.9 Å². The van der Waals surface area contributed by atoms with Gasteiger partial charge in [0.15, 0.2) is 0 Å². The van der Waals surface area contributed by atoms with Crippen LogP contribution in [0, 0.1) is 0 Å². The molecule has 0 aliphatic heterocycles. The fraction of sp³-hybridized carbons (Fsp3) is 0.875. The number of primary amides is 1. The lowest BCUT2D eigenvalue weighted by molar-refractivity contribution is -0.122. The Morgan fingerprint density at radius 3 is 2.42 bits per heavy atom. The Hall–Kier alpha value is -0.610. The molecular formula is C8H19N3O. The minimum atomic E-state index is -0.281. The van der Waals surface area contributed by atoms with Crippen LogP contribution >= 0.6 is 0 Å². The molecule has 4 N–H and O–H groups in total. The second kappa shape index (κ2) is 5.97. The van der Waals surface area contributed by atoms with E-state index in [-0.39, 0.29) is 11.9 Å². The number of carbonyl (C=O) groups is 1. The van der Waals surface area contributed by atoms with Crippen LogP contribution in [0.2, 0.25) is 0 Å². The summed E-state index contributed by atoms with van der Waals surface area (Å²) in [7, 11) is 0. The standard InChI is InChI=1S/C8H19N3O/c1-3-5-11(6-4-9)7(2)8(10)12/h7H,3-6,9H2,1-2H3,(H2,10,12). The van der Waals surface area contributed by atoms with Crippen LogP contribution in [0.1, 0.15) is 20.3 Å². The Morgan fingerprint density at radius 1 is 1.50 bits per heavy atom. The zero-order valence-corrected chi connectivity index (χ0v) is 7.92. The van der Waals surface area contributed by atoms with E-state index in [2.05, 4.69) is 6.92 Å². The molecular weight excluding hydrogens is 154 g/mol. The molecule has 1 unspecified atom stereocenters. The maximum absolute atomic E-state index is 10.8. The van der Waals surface area contributed by atoms with E-state index >= 15 is 0 Å². The molecule has 0 rings (SSSR count). The van der Waals surface area contributed by atoms with Crippen molar-refractivity contribution in [1.29, 1.82) is 0 Å². The van der Waals surface area contributed by atoms with Gasteiger partial charge in [-0.2, -0.15) is 0 Å². The summed E-state index contributed by atoms with van der Waals surface area (Å²) >= 11 is 0. The summed E-state index contributed by atoms with van der Waals surface area (Å²) in [4.78, 5) is 12.8. The van der Waals surface area contributed by atoms with Crippen molar-refractivity contribution in [3.8, 4) is 0 Å². The largest absolute Gasteiger partial charge is 0.368 e. The average molecular weight is 173 g/mol. The minimum absolute atomic E-state index is 0.200. The first-order valence-electron chi connectivity index (χ1n) is 4.36. The highest BCUT2D eigenvalue weighted by molar-refractivity contribution is 5.79. The van der Waals surface area contributed by atoms with Crippen molar-refractivity contribution in [2.45, 2.75) is 26.3 Å². The van der Waals surface area contributed by atoms with Crippen molar-refractivity contribution in [3.05, 3.63) is 0 Å². The summed E-state index contributed by atoms with van der Waals surface area (Å²) < 4.78 is 0. The molecule has 0 aliphatic carbocycles. The average Bonchev–Trinajstić information content (AvgIpc) is 2.03. The molecule has 4 heteroatoms. The number of carbonyl (C=O) groups excluding carboxylic acids is 1. The fourth-order valence-corrected chi connectivity index (χ4v) is 1.13. The van der Waals surface area contributed by atoms with E-state index in [1.54, 1.807) is 0 Å². The first-order valence-corrected chi connectivity index (χ1v) is 4.36. The topological polar surface area (TPSA) is 72.3 Å². The summed E-state index contributed by atoms with van der Waals surface area (Å²) in [5.41, 5.74) is 10.6. The maximum atomic E-state index is 10.8. The lowest BCUT2D eigenvalue weighted by atomic mass is 10.2. The smallest absolute Gasteiger partial charge is 0.234 e. The van der Waals surface area contributed by atoms with Gasteiger partial charge < -0.3 is 11.5 Å². The molecule has 0 aromatic rings. The van der Waals surface area contributed by atoms with Crippen molar-refractivity contribution in [3.63, 3.8) is 0 Å². The molecule has 0 bridgehead atoms. The molecule has 0 aliphatic rings. The van der Waals surface area contributed by atoms with Gasteiger partial charge in [-0.25, -0.2) is 0 Å². The molecule has 72 valence electrons. The monoisotopic (exact) mass is 173 g/mol. The quantitative estimate of drug-likeness (QED) is 0.570. The van der Waals surface area contributed by atoms with Crippen LogP contribution < -0.4 is 11.5 Å². The zero-order valence-electron chi connectivity index (χ0n) is 7.92. The molecule has 0 aromatic carbocycles. The van der Waals surface area contributed by atoms with E-state index in [1.165, 1.54) is 0 Å². The molecule has 0 radical (unpaired) electrons. The summed E-state index contributed by atoms with van der Waals surface area (Å²) in [6.07, 6.45) is 1.01. The van der Waals surface area contributed by atoms with Crippen molar-refractivity contribution >= 4 is 5.91 Å². The van der Waals surface area contributed by atoms with Gasteiger partial charge in [-0.15, -0.1) is 0 Å². The van der Waals surface area contributed by atoms with Gasteiger partial charge in [-0.3, -0.25) is 9.69 Å². The maximum Gasteiger partial charge on any atom is 0.234 e. The van der Waals surface area contributed by atoms with Gasteiger partial charge in [0.1, 0.15) is 0 Å². The zero-order chi connectivity index (χ0) is 9.56. The molecule has 0 aromatic heterocycles. The van der Waals surface area contributed by atoms with Crippen LogP contribution in [0.3, 0.4) is 0 Å². The molecule has 4 nitrogen and oxygen atoms in total. The summed E-state index contributed by atoms with van der Waals surface area (Å²) in [6.45, 7) is 6.06. The van der Waals surface area contributed by atoms with E-state index in [1.807, 2.05) is 11.8 Å². The lowest BCUT2D eigenvalue weighted by Gasteiger charge is -2.25. The molecule has 0 heterocycles. The normalized spacial score (nSPS) is 13.3. The number of amides is 1. The highest BCUT2D eigenvalue weighted by atomic mass is 16.1. The van der Waals surface area contributed by atoms with E-state index in [4.69, 9.17) is 11.5 Å². The number of rotatable bonds is 6. The highest BCUT2D eigenvalue weighted by Gasteiger charge is 2.16. The van der Waals surface area contributed by atoms with Crippen molar-refractivity contribution < 1.29 is 4.79 Å². The molecule has 1 amide bonds. The van der Waals surface area contributed by atoms with Crippen molar-refractivity contribution in [2.24, 2.45) is 11.5 Å². The molecule has 0 saturated heterocycles. The van der Waals surface area contributed by atoms with Gasteiger partial charge in [-0.1, -0.05) is 6.92 Å². The van der Waals surface area contributed by atoms with E-state index < -0.39 is 0 Å². The lowest BCUT2D eigenvalue weighted by Crippen LogP contribution is -2.45. The number of hydrogen-bond donors (Lipinski definition) is 2. The minimum Gasteiger partial charge on any atom is -0.368 e. The molecule has 1 atom stereocenters. The second-order valence-electron chi connectivity index (χ2n) is 2.90. The van der Waals surface area contributed by atoms with Crippen LogP contribution in [0.15, 0.2) is 0 Å². The molecule has 0 saturated carbocycles. The third-order valence-electron chi connectivity index (χ3n) is 1.89. The van der Waals surface area contributed by atoms with Gasteiger partial charge >= 0.3 is 0 Å². The Balaban J connectivity index is 3.98. The Morgan fingerprint density at radius 2 is 2.08 bits per heavy atom. The third kappa shape index (κ3) is 3.69. The van der Waals surface area contributed by atoms with Crippen LogP contribution in [-0.2, 0) is 4.79 Å². The second-order valence-corrected chi connectivity index (χ2v) is 2.90. The summed E-state index contributed by atoms with van der Waals surface area (Å²) in [5, 5.41) is 0. The van der Waals surface area contributed by atoms with Crippen LogP contribution in [0.25, 0.3) is 0 Å². The Labute approximate surface area is 73.9 Å². The van der Waals surface area contributed by atoms with Gasteiger partial charge in [0, 0.05) is 13.1 Å². The molecule has 12 heavy (non-hydrogen) atoms. The number of hydrogen-bond acceptors (Lipinski definition) is 3. The van der Waals surface area contributed by atoms with Crippen molar-refractivity contribution in [2.75, 3.05) is 19.6 Å². The van der Waals surface area contributed by atoms with Gasteiger partial charge in [0.2, 0.25) is 5.91 Å². The predicted molar refractivity (Wildman–Crippen MR) is 49.6 cm³/mol. The number of nitrogens with two attached hydrogens (primary N) is 2. The molecule has 0 fully saturated rings. The van der Waals surface area contributed by atoms with E-state index in [0.29, 0.717) is 6.54 Å². The van der Waals surface area contributed by atoms with Gasteiger partial charge in [0.25, 0.3) is 0 Å². The first kappa shape index (κ1) is 11.4. The highest BCUT2D eigenvalue weighted by Crippen LogP contribution is 1.98. The Kier molecular flexibility index (Phi) is 5.66. The van der Waals surface area contributed by atoms with Gasteiger partial charge in [0.05, 0.1) is 6.04 Å². The summed E-state index contributed by atoms with van der Waals surface area (Å²) in [6, 6.07) is -0.200. The van der Waals surface area contributed by atoms with E-state index in [0.717, 1.165) is 19.5 Å². The molecule has 0 spiro atoms. The predicted octanol–water partition coefficient (Wildman–Crippen LogP) is -0.469. The van der Waals surface area contributed by atoms with E-state index in [9.17, 15) is 4.79 Å². The SMILES string of the molecule is CCCN(CCN)C(C)C(N)=O. The first-order chi connectivity index (χ1) is 5.63. The Bertz CT molecular complexity index is 132. The van der Waals surface area contributed by atoms with Crippen LogP contribution in [0.5, 0.6) is 0 Å². The van der Waals surface area contributed by atoms with Crippen LogP contribution in [-0.4, -0.2) is 36.5 Å².